The molecule has 2 aromatic carbocycles. The lowest BCUT2D eigenvalue weighted by molar-refractivity contribution is 0.0726. The highest BCUT2D eigenvalue weighted by Gasteiger charge is 2.24. The molecule has 0 bridgehead atoms. The van der Waals surface area contributed by atoms with Gasteiger partial charge in [0, 0.05) is 18.7 Å². The van der Waals surface area contributed by atoms with Crippen molar-refractivity contribution in [2.24, 2.45) is 0 Å². The lowest BCUT2D eigenvalue weighted by atomic mass is 9.97. The van der Waals surface area contributed by atoms with Crippen LogP contribution in [0.1, 0.15) is 32.6 Å². The number of fused-ring (bicyclic) bond motifs is 1. The van der Waals surface area contributed by atoms with Crippen molar-refractivity contribution in [1.29, 1.82) is 0 Å². The maximum absolute atomic E-state index is 12.6. The molecular weight excluding hydrogens is 246 g/mol. The molecule has 0 radical (unpaired) electrons. The zero-order valence-electron chi connectivity index (χ0n) is 12.0. The second kappa shape index (κ2) is 5.12. The Balaban J connectivity index is 1.89. The minimum Gasteiger partial charge on any atom is -0.334 e. The van der Waals surface area contributed by atoms with E-state index in [0.717, 1.165) is 18.5 Å². The number of amides is 1. The Kier molecular flexibility index (Phi) is 3.31. The maximum Gasteiger partial charge on any atom is 0.254 e. The smallest absolute Gasteiger partial charge is 0.254 e. The zero-order chi connectivity index (χ0) is 14.1. The summed E-state index contributed by atoms with van der Waals surface area (Å²) < 4.78 is 0. The summed E-state index contributed by atoms with van der Waals surface area (Å²) in [6, 6.07) is 14.3. The molecule has 2 heteroatoms. The molecule has 0 aliphatic carbocycles. The zero-order valence-corrected chi connectivity index (χ0v) is 12.0. The van der Waals surface area contributed by atoms with Crippen molar-refractivity contribution < 1.29 is 4.79 Å². The number of rotatable bonds is 2. The van der Waals surface area contributed by atoms with Crippen molar-refractivity contribution in [1.82, 2.24) is 4.90 Å². The molecule has 0 N–H and O–H groups in total. The molecule has 1 aliphatic heterocycles. The van der Waals surface area contributed by atoms with Crippen LogP contribution in [0.15, 0.2) is 42.5 Å². The Bertz CT molecular complexity index is 640. The van der Waals surface area contributed by atoms with Crippen molar-refractivity contribution in [3.63, 3.8) is 0 Å². The highest BCUT2D eigenvalue weighted by Crippen LogP contribution is 2.22. The Morgan fingerprint density at radius 1 is 1.00 bits per heavy atom. The summed E-state index contributed by atoms with van der Waals surface area (Å²) in [5.74, 6) is 0.162. The second-order valence-corrected chi connectivity index (χ2v) is 5.50. The first kappa shape index (κ1) is 12.9. The topological polar surface area (TPSA) is 20.3 Å². The van der Waals surface area contributed by atoms with Crippen LogP contribution in [-0.2, 0) is 13.0 Å². The first-order valence-electron chi connectivity index (χ1n) is 7.09. The lowest BCUT2D eigenvalue weighted by Gasteiger charge is -2.29. The number of benzene rings is 2. The molecule has 0 saturated carbocycles. The van der Waals surface area contributed by atoms with Gasteiger partial charge in [-0.2, -0.15) is 0 Å². The Hall–Kier alpha value is -2.09. The lowest BCUT2D eigenvalue weighted by Crippen LogP contribution is -2.37. The normalized spacial score (nSPS) is 14.3. The fourth-order valence-corrected chi connectivity index (χ4v) is 2.91. The van der Waals surface area contributed by atoms with Crippen molar-refractivity contribution in [3.05, 3.63) is 70.3 Å². The van der Waals surface area contributed by atoms with Gasteiger partial charge in [-0.05, 0) is 48.6 Å². The average molecular weight is 265 g/mol. The van der Waals surface area contributed by atoms with Crippen LogP contribution in [0.2, 0.25) is 0 Å². The van der Waals surface area contributed by atoms with Crippen LogP contribution in [0.4, 0.5) is 0 Å². The van der Waals surface area contributed by atoms with Crippen LogP contribution in [0.25, 0.3) is 0 Å². The number of hydrogen-bond donors (Lipinski definition) is 0. The van der Waals surface area contributed by atoms with E-state index in [0.29, 0.717) is 6.54 Å². The molecule has 0 saturated heterocycles. The number of hydrogen-bond acceptors (Lipinski definition) is 1. The van der Waals surface area contributed by atoms with Gasteiger partial charge in [0.2, 0.25) is 0 Å². The monoisotopic (exact) mass is 265 g/mol. The molecule has 2 nitrogen and oxygen atoms in total. The van der Waals surface area contributed by atoms with Crippen LogP contribution in [0.3, 0.4) is 0 Å². The first-order valence-corrected chi connectivity index (χ1v) is 7.09. The Morgan fingerprint density at radius 3 is 2.45 bits per heavy atom. The van der Waals surface area contributed by atoms with E-state index in [1.54, 1.807) is 0 Å². The number of nitrogens with zero attached hydrogens (tertiary/aromatic N) is 1. The van der Waals surface area contributed by atoms with E-state index in [1.165, 1.54) is 22.3 Å². The van der Waals surface area contributed by atoms with Crippen molar-refractivity contribution in [2.45, 2.75) is 26.8 Å². The summed E-state index contributed by atoms with van der Waals surface area (Å²) in [5.41, 5.74) is 5.84. The third kappa shape index (κ3) is 2.22. The van der Waals surface area contributed by atoms with E-state index >= 15 is 0 Å². The minimum atomic E-state index is 0.162. The van der Waals surface area contributed by atoms with Crippen molar-refractivity contribution in [2.75, 3.05) is 6.54 Å². The molecular formula is C18H19NO. The van der Waals surface area contributed by atoms with Crippen LogP contribution in [-0.4, -0.2) is 17.4 Å². The predicted octanol–water partition coefficient (Wildman–Crippen LogP) is 3.50. The van der Waals surface area contributed by atoms with E-state index in [1.807, 2.05) is 23.1 Å². The fourth-order valence-electron chi connectivity index (χ4n) is 2.91. The maximum atomic E-state index is 12.6. The molecule has 0 atom stereocenters. The third-order valence-corrected chi connectivity index (χ3v) is 4.18. The molecule has 2 aromatic rings. The van der Waals surface area contributed by atoms with Crippen LogP contribution in [0.5, 0.6) is 0 Å². The van der Waals surface area contributed by atoms with Crippen LogP contribution >= 0.6 is 0 Å². The van der Waals surface area contributed by atoms with Gasteiger partial charge in [0.25, 0.3) is 5.91 Å². The molecule has 3 rings (SSSR count). The van der Waals surface area contributed by atoms with Crippen molar-refractivity contribution in [3.8, 4) is 0 Å². The second-order valence-electron chi connectivity index (χ2n) is 5.50. The van der Waals surface area contributed by atoms with Gasteiger partial charge in [0.05, 0.1) is 0 Å². The van der Waals surface area contributed by atoms with E-state index in [2.05, 4.69) is 38.1 Å². The molecule has 20 heavy (non-hydrogen) atoms. The standard InChI is InChI=1S/C18H19NO/c1-13-6-5-7-14(2)17(13)12-19-11-10-15-8-3-4-9-16(15)18(19)20/h3-9H,10-12H2,1-2H3. The molecule has 102 valence electrons. The molecule has 0 unspecified atom stereocenters. The van der Waals surface area contributed by atoms with Crippen molar-refractivity contribution >= 4 is 5.91 Å². The summed E-state index contributed by atoms with van der Waals surface area (Å²) in [4.78, 5) is 14.5. The van der Waals surface area contributed by atoms with Gasteiger partial charge >= 0.3 is 0 Å². The van der Waals surface area contributed by atoms with Gasteiger partial charge in [-0.25, -0.2) is 0 Å². The molecule has 0 fully saturated rings. The van der Waals surface area contributed by atoms with E-state index in [-0.39, 0.29) is 5.91 Å². The predicted molar refractivity (Wildman–Crippen MR) is 80.8 cm³/mol. The number of carbonyl (C=O) groups excluding carboxylic acids is 1. The Labute approximate surface area is 120 Å². The molecule has 0 spiro atoms. The summed E-state index contributed by atoms with van der Waals surface area (Å²) in [5, 5.41) is 0. The van der Waals surface area contributed by atoms with Gasteiger partial charge in [-0.1, -0.05) is 36.4 Å². The SMILES string of the molecule is Cc1cccc(C)c1CN1CCc2ccccc2C1=O. The third-order valence-electron chi connectivity index (χ3n) is 4.18. The summed E-state index contributed by atoms with van der Waals surface area (Å²) >= 11 is 0. The summed E-state index contributed by atoms with van der Waals surface area (Å²) in [7, 11) is 0. The van der Waals surface area contributed by atoms with Gasteiger partial charge in [0.1, 0.15) is 0 Å². The summed E-state index contributed by atoms with van der Waals surface area (Å²) in [6.07, 6.45) is 0.951. The van der Waals surface area contributed by atoms with Gasteiger partial charge in [0.15, 0.2) is 0 Å². The van der Waals surface area contributed by atoms with Gasteiger partial charge in [-0.15, -0.1) is 0 Å². The van der Waals surface area contributed by atoms with Crippen LogP contribution < -0.4 is 0 Å². The van der Waals surface area contributed by atoms with Gasteiger partial charge in [-0.3, -0.25) is 4.79 Å². The quantitative estimate of drug-likeness (QED) is 0.813. The van der Waals surface area contributed by atoms with Crippen LogP contribution in [0, 0.1) is 13.8 Å². The van der Waals surface area contributed by atoms with E-state index in [9.17, 15) is 4.79 Å². The average Bonchev–Trinajstić information content (AvgIpc) is 2.45. The highest BCUT2D eigenvalue weighted by molar-refractivity contribution is 5.96. The number of carbonyl (C=O) groups is 1. The molecule has 1 aliphatic rings. The molecule has 1 amide bonds. The molecule has 1 heterocycles. The minimum absolute atomic E-state index is 0.162. The molecule has 0 aromatic heterocycles. The van der Waals surface area contributed by atoms with E-state index < -0.39 is 0 Å². The van der Waals surface area contributed by atoms with E-state index in [4.69, 9.17) is 0 Å². The largest absolute Gasteiger partial charge is 0.334 e. The summed E-state index contributed by atoms with van der Waals surface area (Å²) in [6.45, 7) is 5.75. The highest BCUT2D eigenvalue weighted by atomic mass is 16.2. The van der Waals surface area contributed by atoms with Gasteiger partial charge < -0.3 is 4.90 Å². The first-order chi connectivity index (χ1) is 9.66. The Morgan fingerprint density at radius 2 is 1.70 bits per heavy atom. The number of aryl methyl sites for hydroxylation is 2. The fraction of sp³-hybridized carbons (Fsp3) is 0.278.